The van der Waals surface area contributed by atoms with Gasteiger partial charge in [0, 0.05) is 16.9 Å². The minimum Gasteiger partial charge on any atom is -0.481 e. The molecule has 0 aliphatic rings. The van der Waals surface area contributed by atoms with Crippen LogP contribution in [0, 0.1) is 12.7 Å². The lowest BCUT2D eigenvalue weighted by Gasteiger charge is -2.18. The van der Waals surface area contributed by atoms with Gasteiger partial charge in [-0.2, -0.15) is 13.2 Å². The Labute approximate surface area is 142 Å². The molecule has 2 rings (SSSR count). The maximum absolute atomic E-state index is 14.3. The van der Waals surface area contributed by atoms with Gasteiger partial charge in [0.25, 0.3) is 0 Å². The molecule has 3 nitrogen and oxygen atoms in total. The number of alkyl halides is 3. The largest absolute Gasteiger partial charge is 0.481 e. The highest BCUT2D eigenvalue weighted by atomic mass is 19.4. The normalized spacial score (nSPS) is 11.4. The van der Waals surface area contributed by atoms with E-state index in [1.807, 2.05) is 0 Å². The lowest BCUT2D eigenvalue weighted by Crippen LogP contribution is -2.12. The second kappa shape index (κ2) is 7.13. The Morgan fingerprint density at radius 3 is 2.36 bits per heavy atom. The third-order valence-corrected chi connectivity index (χ3v) is 3.77. The summed E-state index contributed by atoms with van der Waals surface area (Å²) in [5, 5.41) is 11.9. The SMILES string of the molecule is CCc1c(Nc2ccc(C)cc2CC(=O)O)ccc(C(F)(F)F)c1F. The summed E-state index contributed by atoms with van der Waals surface area (Å²) in [6, 6.07) is 6.88. The Kier molecular flexibility index (Phi) is 5.35. The van der Waals surface area contributed by atoms with Crippen molar-refractivity contribution in [2.75, 3.05) is 5.32 Å². The van der Waals surface area contributed by atoms with E-state index in [-0.39, 0.29) is 24.1 Å². The van der Waals surface area contributed by atoms with Crippen LogP contribution in [0.4, 0.5) is 28.9 Å². The average Bonchev–Trinajstić information content (AvgIpc) is 2.48. The van der Waals surface area contributed by atoms with Gasteiger partial charge >= 0.3 is 12.1 Å². The van der Waals surface area contributed by atoms with Crippen LogP contribution in [-0.2, 0) is 23.8 Å². The molecule has 2 aromatic rings. The third kappa shape index (κ3) is 4.29. The van der Waals surface area contributed by atoms with E-state index in [4.69, 9.17) is 5.11 Å². The van der Waals surface area contributed by atoms with E-state index in [0.29, 0.717) is 17.3 Å². The van der Waals surface area contributed by atoms with E-state index in [1.165, 1.54) is 0 Å². The summed E-state index contributed by atoms with van der Waals surface area (Å²) in [4.78, 5) is 11.0. The molecular weight excluding hydrogens is 338 g/mol. The summed E-state index contributed by atoms with van der Waals surface area (Å²) < 4.78 is 52.8. The Bertz CT molecular complexity index is 800. The highest BCUT2D eigenvalue weighted by molar-refractivity contribution is 5.76. The molecule has 0 fully saturated rings. The molecule has 0 bridgehead atoms. The van der Waals surface area contributed by atoms with Gasteiger partial charge in [0.2, 0.25) is 0 Å². The number of carbonyl (C=O) groups is 1. The molecule has 7 heteroatoms. The predicted molar refractivity (Wildman–Crippen MR) is 86.6 cm³/mol. The molecule has 25 heavy (non-hydrogen) atoms. The van der Waals surface area contributed by atoms with Crippen LogP contribution in [0.2, 0.25) is 0 Å². The molecule has 2 aromatic carbocycles. The van der Waals surface area contributed by atoms with Crippen molar-refractivity contribution in [2.45, 2.75) is 32.9 Å². The van der Waals surface area contributed by atoms with Gasteiger partial charge < -0.3 is 10.4 Å². The van der Waals surface area contributed by atoms with Crippen LogP contribution >= 0.6 is 0 Å². The summed E-state index contributed by atoms with van der Waals surface area (Å²) in [5.41, 5.74) is 0.498. The van der Waals surface area contributed by atoms with E-state index in [0.717, 1.165) is 11.6 Å². The van der Waals surface area contributed by atoms with E-state index >= 15 is 0 Å². The number of halogens is 4. The smallest absolute Gasteiger partial charge is 0.419 e. The van der Waals surface area contributed by atoms with E-state index in [2.05, 4.69) is 5.32 Å². The summed E-state index contributed by atoms with van der Waals surface area (Å²) in [5.74, 6) is -2.35. The highest BCUT2D eigenvalue weighted by Crippen LogP contribution is 2.36. The molecular formula is C18H17F4NO2. The first-order valence-corrected chi connectivity index (χ1v) is 7.60. The second-order valence-corrected chi connectivity index (χ2v) is 5.66. The van der Waals surface area contributed by atoms with Gasteiger partial charge in [-0.25, -0.2) is 4.39 Å². The molecule has 0 unspecified atom stereocenters. The van der Waals surface area contributed by atoms with Crippen molar-refractivity contribution in [1.29, 1.82) is 0 Å². The Morgan fingerprint density at radius 1 is 1.16 bits per heavy atom. The van der Waals surface area contributed by atoms with Crippen molar-refractivity contribution < 1.29 is 27.5 Å². The number of rotatable bonds is 5. The van der Waals surface area contributed by atoms with Crippen molar-refractivity contribution in [1.82, 2.24) is 0 Å². The Morgan fingerprint density at radius 2 is 1.80 bits per heavy atom. The molecule has 134 valence electrons. The quantitative estimate of drug-likeness (QED) is 0.735. The fourth-order valence-corrected chi connectivity index (χ4v) is 2.60. The van der Waals surface area contributed by atoms with Gasteiger partial charge in [0.1, 0.15) is 5.82 Å². The van der Waals surface area contributed by atoms with Gasteiger partial charge in [0.15, 0.2) is 0 Å². The van der Waals surface area contributed by atoms with E-state index in [1.54, 1.807) is 32.0 Å². The van der Waals surface area contributed by atoms with Crippen molar-refractivity contribution in [3.05, 3.63) is 58.4 Å². The number of carboxylic acid groups (broad SMARTS) is 1. The number of aryl methyl sites for hydroxylation is 1. The van der Waals surface area contributed by atoms with Crippen LogP contribution in [0.15, 0.2) is 30.3 Å². The van der Waals surface area contributed by atoms with Crippen molar-refractivity contribution in [2.24, 2.45) is 0 Å². The zero-order valence-corrected chi connectivity index (χ0v) is 13.7. The van der Waals surface area contributed by atoms with Crippen LogP contribution in [0.1, 0.15) is 29.2 Å². The highest BCUT2D eigenvalue weighted by Gasteiger charge is 2.35. The molecule has 0 spiro atoms. The lowest BCUT2D eigenvalue weighted by molar-refractivity contribution is -0.140. The fourth-order valence-electron chi connectivity index (χ4n) is 2.60. The number of aliphatic carboxylic acids is 1. The maximum Gasteiger partial charge on any atom is 0.419 e. The van der Waals surface area contributed by atoms with E-state index in [9.17, 15) is 22.4 Å². The topological polar surface area (TPSA) is 49.3 Å². The first-order chi connectivity index (χ1) is 11.6. The number of carboxylic acids is 1. The predicted octanol–water partition coefficient (Wildman–Crippen LogP) is 5.09. The molecule has 0 radical (unpaired) electrons. The summed E-state index contributed by atoms with van der Waals surface area (Å²) in [6.45, 7) is 3.35. The number of nitrogens with one attached hydrogen (secondary N) is 1. The number of anilines is 2. The summed E-state index contributed by atoms with van der Waals surface area (Å²) >= 11 is 0. The maximum atomic E-state index is 14.3. The zero-order chi connectivity index (χ0) is 18.8. The van der Waals surface area contributed by atoms with Crippen molar-refractivity contribution in [3.63, 3.8) is 0 Å². The fraction of sp³-hybridized carbons (Fsp3) is 0.278. The number of hydrogen-bond acceptors (Lipinski definition) is 2. The van der Waals surface area contributed by atoms with Crippen LogP contribution in [0.3, 0.4) is 0 Å². The molecule has 0 aliphatic heterocycles. The third-order valence-electron chi connectivity index (χ3n) is 3.77. The monoisotopic (exact) mass is 355 g/mol. The Balaban J connectivity index is 2.48. The molecule has 0 atom stereocenters. The first-order valence-electron chi connectivity index (χ1n) is 7.60. The molecule has 0 saturated heterocycles. The standard InChI is InChI=1S/C18H17F4NO2/c1-3-12-15(7-5-13(17(12)19)18(20,21)22)23-14-6-4-10(2)8-11(14)9-16(24)25/h4-8,23H,3,9H2,1-2H3,(H,24,25). The first kappa shape index (κ1) is 18.8. The van der Waals surface area contributed by atoms with Crippen LogP contribution in [0.5, 0.6) is 0 Å². The zero-order valence-electron chi connectivity index (χ0n) is 13.7. The van der Waals surface area contributed by atoms with Gasteiger partial charge in [-0.1, -0.05) is 24.6 Å². The van der Waals surface area contributed by atoms with Gasteiger partial charge in [-0.05, 0) is 37.1 Å². The molecule has 0 aliphatic carbocycles. The van der Waals surface area contributed by atoms with Crippen LogP contribution < -0.4 is 5.32 Å². The summed E-state index contributed by atoms with van der Waals surface area (Å²) in [7, 11) is 0. The van der Waals surface area contributed by atoms with Gasteiger partial charge in [-0.15, -0.1) is 0 Å². The van der Waals surface area contributed by atoms with Crippen LogP contribution in [-0.4, -0.2) is 11.1 Å². The molecule has 0 saturated carbocycles. The molecule has 0 aromatic heterocycles. The minimum absolute atomic E-state index is 0.0538. The van der Waals surface area contributed by atoms with Crippen molar-refractivity contribution >= 4 is 17.3 Å². The van der Waals surface area contributed by atoms with Crippen LogP contribution in [0.25, 0.3) is 0 Å². The minimum atomic E-state index is -4.77. The average molecular weight is 355 g/mol. The Hall–Kier alpha value is -2.57. The number of hydrogen-bond donors (Lipinski definition) is 2. The second-order valence-electron chi connectivity index (χ2n) is 5.66. The molecule has 0 heterocycles. The number of benzene rings is 2. The molecule has 0 amide bonds. The van der Waals surface area contributed by atoms with Crippen molar-refractivity contribution in [3.8, 4) is 0 Å². The van der Waals surface area contributed by atoms with E-state index < -0.39 is 23.5 Å². The van der Waals surface area contributed by atoms with Gasteiger partial charge in [0.05, 0.1) is 12.0 Å². The summed E-state index contributed by atoms with van der Waals surface area (Å²) in [6.07, 6.45) is -4.97. The molecule has 2 N–H and O–H groups in total. The lowest BCUT2D eigenvalue weighted by atomic mass is 10.0. The van der Waals surface area contributed by atoms with Gasteiger partial charge in [-0.3, -0.25) is 4.79 Å².